The number of aliphatic imine (C=N–C) groups is 1. The minimum Gasteiger partial charge on any atom is -0.497 e. The summed E-state index contributed by atoms with van der Waals surface area (Å²) < 4.78 is 16.0. The van der Waals surface area contributed by atoms with Crippen LogP contribution in [0.25, 0.3) is 0 Å². The average molecular weight is 383 g/mol. The van der Waals surface area contributed by atoms with Crippen LogP contribution in [0.2, 0.25) is 0 Å². The molecule has 1 fully saturated rings. The first-order valence-electron chi connectivity index (χ1n) is 9.56. The van der Waals surface area contributed by atoms with E-state index >= 15 is 0 Å². The fraction of sp³-hybridized carbons (Fsp3) is 0.409. The van der Waals surface area contributed by atoms with Crippen LogP contribution in [0.4, 0.5) is 5.69 Å². The highest BCUT2D eigenvalue weighted by atomic mass is 16.5. The zero-order chi connectivity index (χ0) is 20.0. The number of hydrogen-bond donors (Lipinski definition) is 2. The molecule has 0 saturated heterocycles. The smallest absolute Gasteiger partial charge is 0.195 e. The second kappa shape index (κ2) is 8.87. The van der Waals surface area contributed by atoms with E-state index in [0.717, 1.165) is 43.3 Å². The highest BCUT2D eigenvalue weighted by Gasteiger charge is 2.44. The van der Waals surface area contributed by atoms with Gasteiger partial charge in [-0.3, -0.25) is 4.99 Å². The Kier molecular flexibility index (Phi) is 6.29. The van der Waals surface area contributed by atoms with Crippen molar-refractivity contribution in [1.82, 2.24) is 5.32 Å². The van der Waals surface area contributed by atoms with Gasteiger partial charge in [-0.25, -0.2) is 0 Å². The van der Waals surface area contributed by atoms with Crippen molar-refractivity contribution >= 4 is 11.6 Å². The van der Waals surface area contributed by atoms with E-state index in [1.54, 1.807) is 21.3 Å². The third-order valence-corrected chi connectivity index (χ3v) is 5.09. The molecular weight excluding hydrogens is 354 g/mol. The SMILES string of the molecule is CCNC(=NCC1(c2ccc(OC)cc2)CC1)Nc1ccc(OC)c(OC)c1. The van der Waals surface area contributed by atoms with E-state index in [1.165, 1.54) is 5.56 Å². The average Bonchev–Trinajstić information content (AvgIpc) is 3.53. The summed E-state index contributed by atoms with van der Waals surface area (Å²) in [5, 5.41) is 6.67. The predicted molar refractivity (Wildman–Crippen MR) is 113 cm³/mol. The van der Waals surface area contributed by atoms with Gasteiger partial charge in [0.2, 0.25) is 0 Å². The van der Waals surface area contributed by atoms with E-state index in [9.17, 15) is 0 Å². The van der Waals surface area contributed by atoms with E-state index in [0.29, 0.717) is 11.5 Å². The molecule has 6 nitrogen and oxygen atoms in total. The molecule has 1 aliphatic rings. The molecule has 2 N–H and O–H groups in total. The molecular formula is C22H29N3O3. The summed E-state index contributed by atoms with van der Waals surface area (Å²) in [6, 6.07) is 14.1. The summed E-state index contributed by atoms with van der Waals surface area (Å²) in [5.41, 5.74) is 2.34. The molecule has 0 bridgehead atoms. The van der Waals surface area contributed by atoms with Crippen molar-refractivity contribution in [1.29, 1.82) is 0 Å². The zero-order valence-electron chi connectivity index (χ0n) is 17.0. The minimum atomic E-state index is 0.131. The van der Waals surface area contributed by atoms with Gasteiger partial charge in [0, 0.05) is 23.7 Å². The second-order valence-corrected chi connectivity index (χ2v) is 6.90. The van der Waals surface area contributed by atoms with Gasteiger partial charge in [-0.1, -0.05) is 12.1 Å². The summed E-state index contributed by atoms with van der Waals surface area (Å²) in [7, 11) is 4.95. The van der Waals surface area contributed by atoms with Crippen LogP contribution in [0.3, 0.4) is 0 Å². The lowest BCUT2D eigenvalue weighted by Crippen LogP contribution is -2.31. The Hall–Kier alpha value is -2.89. The monoisotopic (exact) mass is 383 g/mol. The van der Waals surface area contributed by atoms with Gasteiger partial charge in [-0.2, -0.15) is 0 Å². The van der Waals surface area contributed by atoms with E-state index in [4.69, 9.17) is 19.2 Å². The molecule has 2 aromatic carbocycles. The number of benzene rings is 2. The highest BCUT2D eigenvalue weighted by Crippen LogP contribution is 2.48. The normalized spacial score (nSPS) is 14.9. The van der Waals surface area contributed by atoms with E-state index < -0.39 is 0 Å². The van der Waals surface area contributed by atoms with Gasteiger partial charge in [0.1, 0.15) is 5.75 Å². The lowest BCUT2D eigenvalue weighted by Gasteiger charge is -2.17. The van der Waals surface area contributed by atoms with Gasteiger partial charge >= 0.3 is 0 Å². The Bertz CT molecular complexity index is 814. The maximum Gasteiger partial charge on any atom is 0.195 e. The van der Waals surface area contributed by atoms with Gasteiger partial charge in [0.25, 0.3) is 0 Å². The number of hydrogen-bond acceptors (Lipinski definition) is 4. The van der Waals surface area contributed by atoms with Crippen LogP contribution in [0, 0.1) is 0 Å². The summed E-state index contributed by atoms with van der Waals surface area (Å²) in [5.74, 6) is 3.02. The van der Waals surface area contributed by atoms with Crippen LogP contribution in [0.1, 0.15) is 25.3 Å². The number of methoxy groups -OCH3 is 3. The Labute approximate surface area is 166 Å². The third kappa shape index (κ3) is 4.50. The Morgan fingerprint density at radius 3 is 2.25 bits per heavy atom. The Morgan fingerprint density at radius 2 is 1.68 bits per heavy atom. The van der Waals surface area contributed by atoms with Gasteiger partial charge in [0.05, 0.1) is 27.9 Å². The fourth-order valence-electron chi connectivity index (χ4n) is 3.22. The van der Waals surface area contributed by atoms with Crippen molar-refractivity contribution in [3.8, 4) is 17.2 Å². The van der Waals surface area contributed by atoms with Crippen LogP contribution in [-0.4, -0.2) is 40.4 Å². The molecule has 0 unspecified atom stereocenters. The van der Waals surface area contributed by atoms with E-state index in [2.05, 4.69) is 29.7 Å². The molecule has 0 heterocycles. The van der Waals surface area contributed by atoms with Crippen molar-refractivity contribution in [3.63, 3.8) is 0 Å². The molecule has 0 radical (unpaired) electrons. The molecule has 150 valence electrons. The second-order valence-electron chi connectivity index (χ2n) is 6.90. The van der Waals surface area contributed by atoms with Crippen LogP contribution in [0.15, 0.2) is 47.5 Å². The van der Waals surface area contributed by atoms with Crippen LogP contribution >= 0.6 is 0 Å². The molecule has 3 rings (SSSR count). The number of nitrogens with zero attached hydrogens (tertiary/aromatic N) is 1. The van der Waals surface area contributed by atoms with Crippen LogP contribution < -0.4 is 24.8 Å². The fourth-order valence-corrected chi connectivity index (χ4v) is 3.22. The molecule has 1 aliphatic carbocycles. The maximum absolute atomic E-state index is 5.38. The van der Waals surface area contributed by atoms with Crippen LogP contribution in [-0.2, 0) is 5.41 Å². The molecule has 28 heavy (non-hydrogen) atoms. The standard InChI is InChI=1S/C22H29N3O3/c1-5-23-21(25-17-8-11-19(27-3)20(14-17)28-4)24-15-22(12-13-22)16-6-9-18(26-2)10-7-16/h6-11,14H,5,12-13,15H2,1-4H3,(H2,23,24,25). The first-order valence-corrected chi connectivity index (χ1v) is 9.56. The summed E-state index contributed by atoms with van der Waals surface area (Å²) in [4.78, 5) is 4.85. The van der Waals surface area contributed by atoms with Gasteiger partial charge in [0.15, 0.2) is 17.5 Å². The quantitative estimate of drug-likeness (QED) is 0.536. The number of rotatable bonds is 8. The number of anilines is 1. The van der Waals surface area contributed by atoms with Crippen LogP contribution in [0.5, 0.6) is 17.2 Å². The summed E-state index contributed by atoms with van der Waals surface area (Å²) in [6.07, 6.45) is 2.30. The molecule has 0 aromatic heterocycles. The summed E-state index contributed by atoms with van der Waals surface area (Å²) >= 11 is 0. The van der Waals surface area contributed by atoms with Crippen molar-refractivity contribution in [2.45, 2.75) is 25.2 Å². The van der Waals surface area contributed by atoms with Crippen molar-refractivity contribution in [2.75, 3.05) is 39.7 Å². The van der Waals surface area contributed by atoms with Gasteiger partial charge in [-0.15, -0.1) is 0 Å². The maximum atomic E-state index is 5.38. The Balaban J connectivity index is 1.73. The zero-order valence-corrected chi connectivity index (χ0v) is 17.0. The predicted octanol–water partition coefficient (Wildman–Crippen LogP) is 3.82. The van der Waals surface area contributed by atoms with Crippen molar-refractivity contribution < 1.29 is 14.2 Å². The molecule has 1 saturated carbocycles. The topological polar surface area (TPSA) is 64.1 Å². The minimum absolute atomic E-state index is 0.131. The number of ether oxygens (including phenoxy) is 3. The Morgan fingerprint density at radius 1 is 0.964 bits per heavy atom. The van der Waals surface area contributed by atoms with E-state index in [-0.39, 0.29) is 5.41 Å². The number of guanidine groups is 1. The lowest BCUT2D eigenvalue weighted by atomic mass is 9.96. The molecule has 0 aliphatic heterocycles. The number of nitrogens with one attached hydrogen (secondary N) is 2. The van der Waals surface area contributed by atoms with Crippen molar-refractivity contribution in [2.24, 2.45) is 4.99 Å². The van der Waals surface area contributed by atoms with Crippen molar-refractivity contribution in [3.05, 3.63) is 48.0 Å². The third-order valence-electron chi connectivity index (χ3n) is 5.09. The first kappa shape index (κ1) is 19.9. The molecule has 0 amide bonds. The highest BCUT2D eigenvalue weighted by molar-refractivity contribution is 5.94. The molecule has 0 atom stereocenters. The van der Waals surface area contributed by atoms with E-state index in [1.807, 2.05) is 30.3 Å². The first-order chi connectivity index (χ1) is 13.6. The lowest BCUT2D eigenvalue weighted by molar-refractivity contribution is 0.355. The van der Waals surface area contributed by atoms with Gasteiger partial charge in [-0.05, 0) is 49.6 Å². The van der Waals surface area contributed by atoms with Gasteiger partial charge < -0.3 is 24.8 Å². The largest absolute Gasteiger partial charge is 0.497 e. The summed E-state index contributed by atoms with van der Waals surface area (Å²) in [6.45, 7) is 3.58. The molecule has 0 spiro atoms. The molecule has 2 aromatic rings. The molecule has 6 heteroatoms.